The maximum absolute atomic E-state index is 13.0. The third-order valence-electron chi connectivity index (χ3n) is 8.70. The number of hydrogen-bond acceptors (Lipinski definition) is 5. The fraction of sp³-hybridized carbons (Fsp3) is 0.724. The summed E-state index contributed by atoms with van der Waals surface area (Å²) in [6, 6.07) is 8.46. The molecule has 1 aromatic carbocycles. The molecule has 37 heavy (non-hydrogen) atoms. The highest BCUT2D eigenvalue weighted by Gasteiger charge is 2.53. The van der Waals surface area contributed by atoms with E-state index in [-0.39, 0.29) is 22.1 Å². The molecule has 210 valence electrons. The van der Waals surface area contributed by atoms with Gasteiger partial charge in [-0.3, -0.25) is 4.79 Å². The summed E-state index contributed by atoms with van der Waals surface area (Å²) in [6.07, 6.45) is 2.25. The van der Waals surface area contributed by atoms with Crippen LogP contribution in [0.2, 0.25) is 36.3 Å². The first-order valence-electron chi connectivity index (χ1n) is 13.7. The number of ether oxygens (including phenoxy) is 1. The van der Waals surface area contributed by atoms with Crippen molar-refractivity contribution in [2.45, 2.75) is 116 Å². The fourth-order valence-electron chi connectivity index (χ4n) is 4.24. The maximum atomic E-state index is 13.0. The van der Waals surface area contributed by atoms with Crippen LogP contribution in [-0.2, 0) is 20.4 Å². The van der Waals surface area contributed by atoms with E-state index in [2.05, 4.69) is 104 Å². The third-order valence-corrected chi connectivity index (χ3v) is 18.0. The maximum Gasteiger partial charge on any atom is 0.313 e. The van der Waals surface area contributed by atoms with Crippen LogP contribution < -0.4 is 4.43 Å². The van der Waals surface area contributed by atoms with Crippen molar-refractivity contribution in [1.29, 1.82) is 0 Å². The van der Waals surface area contributed by atoms with Gasteiger partial charge < -0.3 is 18.5 Å². The number of rotatable bonds is 10. The molecule has 0 aromatic heterocycles. The first-order chi connectivity index (χ1) is 16.9. The van der Waals surface area contributed by atoms with Crippen LogP contribution in [0.1, 0.15) is 66.9 Å². The lowest BCUT2D eigenvalue weighted by atomic mass is 9.94. The monoisotopic (exact) mass is 565 g/mol. The predicted octanol–water partition coefficient (Wildman–Crippen LogP) is 7.60. The van der Waals surface area contributed by atoms with Gasteiger partial charge in [0.2, 0.25) is 8.32 Å². The van der Waals surface area contributed by atoms with Gasteiger partial charge in [-0.2, -0.15) is 0 Å². The second kappa shape index (κ2) is 11.9. The molecule has 0 amide bonds. The first-order valence-corrected chi connectivity index (χ1v) is 19.9. The van der Waals surface area contributed by atoms with Crippen molar-refractivity contribution in [3.05, 3.63) is 29.8 Å². The van der Waals surface area contributed by atoms with Crippen LogP contribution in [0.25, 0.3) is 0 Å². The Balaban J connectivity index is 2.24. The number of esters is 1. The summed E-state index contributed by atoms with van der Waals surface area (Å²) in [5.41, 5.74) is 1.23. The van der Waals surface area contributed by atoms with Crippen molar-refractivity contribution in [2.24, 2.45) is 5.92 Å². The molecule has 1 heterocycles. The van der Waals surface area contributed by atoms with Crippen molar-refractivity contribution < 1.29 is 18.4 Å². The van der Waals surface area contributed by atoms with Crippen molar-refractivity contribution in [3.8, 4) is 5.75 Å². The number of thiocarbonyl (C=S) groups is 1. The van der Waals surface area contributed by atoms with Crippen LogP contribution >= 0.6 is 12.2 Å². The van der Waals surface area contributed by atoms with Gasteiger partial charge in [-0.05, 0) is 66.8 Å². The van der Waals surface area contributed by atoms with Gasteiger partial charge in [-0.25, -0.2) is 0 Å². The Kier molecular flexibility index (Phi) is 10.3. The van der Waals surface area contributed by atoms with Crippen LogP contribution in [0.3, 0.4) is 0 Å². The van der Waals surface area contributed by atoms with E-state index in [1.807, 2.05) is 0 Å². The Morgan fingerprint density at radius 2 is 1.51 bits per heavy atom. The minimum absolute atomic E-state index is 0.0130. The highest BCUT2D eigenvalue weighted by Crippen LogP contribution is 2.42. The van der Waals surface area contributed by atoms with E-state index in [1.54, 1.807) is 0 Å². The predicted molar refractivity (Wildman–Crippen MR) is 164 cm³/mol. The van der Waals surface area contributed by atoms with Gasteiger partial charge in [0.15, 0.2) is 8.32 Å². The molecule has 0 radical (unpaired) electrons. The van der Waals surface area contributed by atoms with Crippen molar-refractivity contribution in [1.82, 2.24) is 4.90 Å². The van der Waals surface area contributed by atoms with Crippen molar-refractivity contribution in [3.63, 3.8) is 0 Å². The highest BCUT2D eigenvalue weighted by atomic mass is 32.1. The van der Waals surface area contributed by atoms with Gasteiger partial charge in [0.25, 0.3) is 0 Å². The number of hydrogen-bond donors (Lipinski definition) is 0. The van der Waals surface area contributed by atoms with E-state index in [0.29, 0.717) is 0 Å². The summed E-state index contributed by atoms with van der Waals surface area (Å²) in [7, 11) is -2.56. The molecule has 1 aromatic rings. The third kappa shape index (κ3) is 7.46. The molecule has 0 unspecified atom stereocenters. The minimum Gasteiger partial charge on any atom is -0.544 e. The zero-order chi connectivity index (χ0) is 28.4. The summed E-state index contributed by atoms with van der Waals surface area (Å²) in [6.45, 7) is 25.3. The van der Waals surface area contributed by atoms with Gasteiger partial charge in [-0.1, -0.05) is 79.2 Å². The van der Waals surface area contributed by atoms with E-state index in [4.69, 9.17) is 25.8 Å². The first kappa shape index (κ1) is 32.0. The number of benzene rings is 1. The van der Waals surface area contributed by atoms with Crippen LogP contribution in [0.5, 0.6) is 5.75 Å². The molecule has 0 spiro atoms. The molecule has 3 atom stereocenters. The quantitative estimate of drug-likeness (QED) is 0.165. The molecule has 0 N–H and O–H groups in total. The van der Waals surface area contributed by atoms with Gasteiger partial charge in [-0.15, -0.1) is 0 Å². The van der Waals surface area contributed by atoms with Crippen LogP contribution in [0.15, 0.2) is 24.3 Å². The molecule has 1 aliphatic heterocycles. The van der Waals surface area contributed by atoms with Gasteiger partial charge in [0, 0.05) is 12.6 Å². The Hall–Kier alpha value is -1.23. The SMILES string of the molecule is CCC[C@H]1[C@@H](C(=O)OC)[C@@H](O[Si](C)(C)C(C)(C)C)C(=S)N1CCc1ccc(O[Si](C)(C)C(C)(C)C)cc1. The largest absolute Gasteiger partial charge is 0.544 e. The molecular formula is C29H51NO4SSi2. The molecule has 0 bridgehead atoms. The second-order valence-corrected chi connectivity index (χ2v) is 23.4. The van der Waals surface area contributed by atoms with E-state index in [1.165, 1.54) is 12.7 Å². The molecule has 1 fully saturated rings. The van der Waals surface area contributed by atoms with Crippen LogP contribution in [0.4, 0.5) is 0 Å². The lowest BCUT2D eigenvalue weighted by molar-refractivity contribution is -0.148. The average Bonchev–Trinajstić information content (AvgIpc) is 3.01. The topological polar surface area (TPSA) is 48.0 Å². The smallest absolute Gasteiger partial charge is 0.313 e. The second-order valence-electron chi connectivity index (χ2n) is 13.5. The minimum atomic E-state index is -2.15. The van der Waals surface area contributed by atoms with Crippen molar-refractivity contribution >= 4 is 39.8 Å². The number of carbonyl (C=O) groups excluding carboxylic acids is 1. The molecular weight excluding hydrogens is 515 g/mol. The molecule has 0 aliphatic carbocycles. The summed E-state index contributed by atoms with van der Waals surface area (Å²) < 4.78 is 18.5. The molecule has 1 aliphatic rings. The van der Waals surface area contributed by atoms with Gasteiger partial charge >= 0.3 is 5.97 Å². The molecule has 0 saturated carbocycles. The van der Waals surface area contributed by atoms with Crippen LogP contribution in [-0.4, -0.2) is 58.3 Å². The Bertz CT molecular complexity index is 935. The molecule has 1 saturated heterocycles. The Morgan fingerprint density at radius 1 is 0.973 bits per heavy atom. The van der Waals surface area contributed by atoms with Crippen molar-refractivity contribution in [2.75, 3.05) is 13.7 Å². The van der Waals surface area contributed by atoms with Gasteiger partial charge in [0.05, 0.1) is 7.11 Å². The summed E-state index contributed by atoms with van der Waals surface area (Å²) in [5.74, 6) is 0.315. The number of likely N-dealkylation sites (tertiary alicyclic amines) is 1. The molecule has 8 heteroatoms. The van der Waals surface area contributed by atoms with E-state index in [9.17, 15) is 4.79 Å². The lowest BCUT2D eigenvalue weighted by Gasteiger charge is -2.39. The molecule has 5 nitrogen and oxygen atoms in total. The lowest BCUT2D eigenvalue weighted by Crippen LogP contribution is -2.48. The van der Waals surface area contributed by atoms with E-state index < -0.39 is 28.7 Å². The number of nitrogens with zero attached hydrogens (tertiary/aromatic N) is 1. The highest BCUT2D eigenvalue weighted by molar-refractivity contribution is 7.80. The summed E-state index contributed by atoms with van der Waals surface area (Å²) in [5, 5.41) is 0.176. The average molecular weight is 566 g/mol. The number of carbonyl (C=O) groups is 1. The Morgan fingerprint density at radius 3 is 1.97 bits per heavy atom. The normalized spacial score (nSPS) is 21.4. The van der Waals surface area contributed by atoms with E-state index in [0.717, 1.165) is 36.5 Å². The standard InChI is InChI=1S/C29H51NO4SSi2/c1-13-14-23-24(27(31)32-8)25(34-37(11,12)29(5,6)7)26(35)30(23)20-19-21-15-17-22(18-16-21)33-36(9,10)28(2,3)4/h15-18,23-25H,13-14,19-20H2,1-12H3/t23-,24+,25+/m0/s1. The summed E-state index contributed by atoms with van der Waals surface area (Å²) >= 11 is 6.02. The summed E-state index contributed by atoms with van der Waals surface area (Å²) in [4.78, 5) is 16.0. The number of methoxy groups -OCH3 is 1. The zero-order valence-electron chi connectivity index (χ0n) is 25.4. The van der Waals surface area contributed by atoms with E-state index >= 15 is 0 Å². The van der Waals surface area contributed by atoms with Crippen LogP contribution in [0, 0.1) is 5.92 Å². The molecule has 2 rings (SSSR count). The fourth-order valence-corrected chi connectivity index (χ4v) is 7.02. The van der Waals surface area contributed by atoms with Gasteiger partial charge in [0.1, 0.15) is 22.8 Å². The zero-order valence-corrected chi connectivity index (χ0v) is 28.2. The Labute approximate surface area is 233 Å².